The number of allylic oxidation sites excluding steroid dienone is 2. The van der Waals surface area contributed by atoms with E-state index >= 15 is 0 Å². The molecule has 5 nitrogen and oxygen atoms in total. The first-order chi connectivity index (χ1) is 13.9. The van der Waals surface area contributed by atoms with Gasteiger partial charge in [-0.15, -0.1) is 0 Å². The molecule has 1 saturated carbocycles. The molecule has 1 aliphatic heterocycles. The number of hydrogen-bond acceptors (Lipinski definition) is 5. The highest BCUT2D eigenvalue weighted by atomic mass is 32.2. The molecular formula is C16H16F9NO4S. The number of hydrogen-bond donors (Lipinski definition) is 0. The first kappa shape index (κ1) is 25.7. The lowest BCUT2D eigenvalue weighted by molar-refractivity contribution is -0.396. The summed E-state index contributed by atoms with van der Waals surface area (Å²) >= 11 is 0. The standard InChI is InChI=1S/C16H16F9NO4S/c17-13(18,14(19,20)15(21,22)16(23,24)25)5-8-31(27,28)11(9-26)10-1-3-12(4-2-10)29-6-7-30-12/h1-8H2. The Bertz CT molecular complexity index is 857. The second-order valence-electron chi connectivity index (χ2n) is 7.07. The highest BCUT2D eigenvalue weighted by Crippen LogP contribution is 2.54. The minimum atomic E-state index is -7.11. The first-order valence-corrected chi connectivity index (χ1v) is 10.4. The van der Waals surface area contributed by atoms with Gasteiger partial charge in [0.15, 0.2) is 15.6 Å². The van der Waals surface area contributed by atoms with Crippen LogP contribution in [0.15, 0.2) is 10.5 Å². The fourth-order valence-electron chi connectivity index (χ4n) is 3.24. The summed E-state index contributed by atoms with van der Waals surface area (Å²) in [5.41, 5.74) is -0.0251. The van der Waals surface area contributed by atoms with Crippen molar-refractivity contribution in [2.24, 2.45) is 0 Å². The maximum Gasteiger partial charge on any atom is 0.460 e. The van der Waals surface area contributed by atoms with E-state index < -0.39 is 56.6 Å². The van der Waals surface area contributed by atoms with E-state index in [4.69, 9.17) is 14.7 Å². The molecule has 0 aromatic carbocycles. The fraction of sp³-hybridized carbons (Fsp3) is 0.812. The van der Waals surface area contributed by atoms with E-state index in [1.54, 1.807) is 0 Å². The number of ether oxygens (including phenoxy) is 2. The van der Waals surface area contributed by atoms with Crippen LogP contribution in [0.1, 0.15) is 32.1 Å². The number of sulfone groups is 1. The van der Waals surface area contributed by atoms with E-state index in [-0.39, 0.29) is 44.5 Å². The van der Waals surface area contributed by atoms with E-state index in [0.717, 1.165) is 0 Å². The summed E-state index contributed by atoms with van der Waals surface area (Å²) in [7, 11) is -4.98. The Morgan fingerprint density at radius 1 is 0.935 bits per heavy atom. The van der Waals surface area contributed by atoms with E-state index in [1.165, 1.54) is 6.07 Å². The zero-order valence-electron chi connectivity index (χ0n) is 15.5. The Morgan fingerprint density at radius 2 is 1.42 bits per heavy atom. The molecule has 0 unspecified atom stereocenters. The number of rotatable bonds is 6. The summed E-state index contributed by atoms with van der Waals surface area (Å²) in [6.07, 6.45) is -9.45. The van der Waals surface area contributed by atoms with Crippen LogP contribution in [0, 0.1) is 11.3 Å². The van der Waals surface area contributed by atoms with Gasteiger partial charge >= 0.3 is 23.9 Å². The van der Waals surface area contributed by atoms with Gasteiger partial charge in [-0.2, -0.15) is 44.8 Å². The van der Waals surface area contributed by atoms with E-state index in [2.05, 4.69) is 0 Å². The third kappa shape index (κ3) is 4.65. The second-order valence-corrected chi connectivity index (χ2v) is 9.12. The van der Waals surface area contributed by atoms with E-state index in [9.17, 15) is 47.9 Å². The maximum atomic E-state index is 13.6. The summed E-state index contributed by atoms with van der Waals surface area (Å²) in [5, 5.41) is 9.14. The van der Waals surface area contributed by atoms with Crippen LogP contribution in [0.4, 0.5) is 39.5 Å². The molecule has 0 N–H and O–H groups in total. The average Bonchev–Trinajstić information content (AvgIpc) is 3.09. The fourth-order valence-corrected chi connectivity index (χ4v) is 4.76. The van der Waals surface area contributed by atoms with Crippen molar-refractivity contribution in [1.82, 2.24) is 0 Å². The van der Waals surface area contributed by atoms with Gasteiger partial charge in [0.05, 0.1) is 19.0 Å². The third-order valence-corrected chi connectivity index (χ3v) is 6.80. The molecule has 0 aromatic rings. The van der Waals surface area contributed by atoms with Crippen molar-refractivity contribution in [3.8, 4) is 6.07 Å². The van der Waals surface area contributed by atoms with Crippen molar-refractivity contribution in [2.45, 2.75) is 61.8 Å². The Labute approximate surface area is 170 Å². The summed E-state index contributed by atoms with van der Waals surface area (Å²) in [5.74, 6) is -23.0. The van der Waals surface area contributed by atoms with Crippen molar-refractivity contribution in [3.63, 3.8) is 0 Å². The van der Waals surface area contributed by atoms with Gasteiger partial charge < -0.3 is 9.47 Å². The SMILES string of the molecule is N#CC(=C1CCC2(CC1)OCCO2)S(=O)(=O)CCC(F)(F)C(F)(F)C(F)(F)C(F)(F)F. The minimum absolute atomic E-state index is 0.0251. The van der Waals surface area contributed by atoms with Gasteiger partial charge in [0, 0.05) is 19.3 Å². The van der Waals surface area contributed by atoms with Crippen LogP contribution in [-0.2, 0) is 19.3 Å². The molecule has 1 saturated heterocycles. The first-order valence-electron chi connectivity index (χ1n) is 8.75. The monoisotopic (exact) mass is 489 g/mol. The number of nitriles is 1. The Kier molecular flexibility index (Phi) is 6.73. The Morgan fingerprint density at radius 3 is 1.84 bits per heavy atom. The van der Waals surface area contributed by atoms with Crippen LogP contribution in [0.3, 0.4) is 0 Å². The predicted molar refractivity (Wildman–Crippen MR) is 85.0 cm³/mol. The quantitative estimate of drug-likeness (QED) is 0.410. The smallest absolute Gasteiger partial charge is 0.348 e. The molecule has 0 atom stereocenters. The summed E-state index contributed by atoms with van der Waals surface area (Å²) in [6, 6.07) is 1.27. The van der Waals surface area contributed by atoms with Gasteiger partial charge in [-0.25, -0.2) is 8.42 Å². The second kappa shape index (κ2) is 8.11. The van der Waals surface area contributed by atoms with Gasteiger partial charge in [0.1, 0.15) is 11.0 Å². The predicted octanol–water partition coefficient (Wildman–Crippen LogP) is 4.35. The van der Waals surface area contributed by atoms with Gasteiger partial charge in [-0.05, 0) is 18.4 Å². The van der Waals surface area contributed by atoms with E-state index in [1.807, 2.05) is 0 Å². The lowest BCUT2D eigenvalue weighted by Crippen LogP contribution is -2.61. The summed E-state index contributed by atoms with van der Waals surface area (Å²) in [4.78, 5) is -1.01. The van der Waals surface area contributed by atoms with Crippen LogP contribution < -0.4 is 0 Å². The highest BCUT2D eigenvalue weighted by Gasteiger charge is 2.81. The highest BCUT2D eigenvalue weighted by molar-refractivity contribution is 7.95. The Hall–Kier alpha value is -1.53. The van der Waals surface area contributed by atoms with Gasteiger partial charge in [-0.1, -0.05) is 0 Å². The molecule has 1 heterocycles. The zero-order valence-corrected chi connectivity index (χ0v) is 16.4. The molecule has 2 fully saturated rings. The molecule has 31 heavy (non-hydrogen) atoms. The van der Waals surface area contributed by atoms with Crippen molar-refractivity contribution >= 4 is 9.84 Å². The Balaban J connectivity index is 2.20. The van der Waals surface area contributed by atoms with Crippen LogP contribution >= 0.6 is 0 Å². The molecule has 178 valence electrons. The topological polar surface area (TPSA) is 76.4 Å². The van der Waals surface area contributed by atoms with Crippen molar-refractivity contribution in [2.75, 3.05) is 19.0 Å². The molecular weight excluding hydrogens is 473 g/mol. The van der Waals surface area contributed by atoms with Gasteiger partial charge in [-0.3, -0.25) is 0 Å². The largest absolute Gasteiger partial charge is 0.460 e. The molecule has 1 aliphatic carbocycles. The molecule has 0 radical (unpaired) electrons. The number of halogens is 9. The molecule has 2 rings (SSSR count). The lowest BCUT2D eigenvalue weighted by atomic mass is 9.89. The van der Waals surface area contributed by atoms with Crippen molar-refractivity contribution in [3.05, 3.63) is 10.5 Å². The van der Waals surface area contributed by atoms with Crippen molar-refractivity contribution < 1.29 is 57.4 Å². The minimum Gasteiger partial charge on any atom is -0.348 e. The van der Waals surface area contributed by atoms with Crippen LogP contribution in [-0.4, -0.2) is 57.1 Å². The normalized spacial score (nSPS) is 20.7. The van der Waals surface area contributed by atoms with E-state index in [0.29, 0.717) is 0 Å². The molecule has 1 spiro atoms. The lowest BCUT2D eigenvalue weighted by Gasteiger charge is -2.34. The molecule has 0 aromatic heterocycles. The van der Waals surface area contributed by atoms with Gasteiger partial charge in [0.2, 0.25) is 0 Å². The molecule has 0 amide bonds. The molecule has 0 bridgehead atoms. The maximum absolute atomic E-state index is 13.6. The summed E-state index contributed by atoms with van der Waals surface area (Å²) < 4.78 is 151. The number of nitrogens with zero attached hydrogens (tertiary/aromatic N) is 1. The van der Waals surface area contributed by atoms with Crippen LogP contribution in [0.25, 0.3) is 0 Å². The third-order valence-electron chi connectivity index (χ3n) is 5.06. The zero-order chi connectivity index (χ0) is 23.9. The van der Waals surface area contributed by atoms with Gasteiger partial charge in [0.25, 0.3) is 0 Å². The molecule has 2 aliphatic rings. The summed E-state index contributed by atoms with van der Waals surface area (Å²) in [6.45, 7) is 0.572. The molecule has 15 heteroatoms. The van der Waals surface area contributed by atoms with Crippen molar-refractivity contribution in [1.29, 1.82) is 5.26 Å². The van der Waals surface area contributed by atoms with Crippen LogP contribution in [0.2, 0.25) is 0 Å². The average molecular weight is 489 g/mol. The number of alkyl halides is 9. The van der Waals surface area contributed by atoms with Crippen LogP contribution in [0.5, 0.6) is 0 Å².